The number of aryl methyl sites for hydroxylation is 1. The molecular weight excluding hydrogens is 346 g/mol. The second kappa shape index (κ2) is 9.69. The normalized spacial score (nSPS) is 11.0. The zero-order chi connectivity index (χ0) is 19.1. The summed E-state index contributed by atoms with van der Waals surface area (Å²) in [7, 11) is 2.07. The van der Waals surface area contributed by atoms with Gasteiger partial charge in [-0.2, -0.15) is 0 Å². The molecule has 0 saturated heterocycles. The van der Waals surface area contributed by atoms with E-state index in [-0.39, 0.29) is 5.91 Å². The molecule has 0 spiro atoms. The van der Waals surface area contributed by atoms with E-state index in [4.69, 9.17) is 4.74 Å². The number of aromatic nitrogens is 1. The fraction of sp³-hybridized carbons (Fsp3) is 0.500. The van der Waals surface area contributed by atoms with Gasteiger partial charge in [-0.25, -0.2) is 4.98 Å². The van der Waals surface area contributed by atoms with Gasteiger partial charge in [0, 0.05) is 25.2 Å². The molecule has 2 aromatic rings. The van der Waals surface area contributed by atoms with Gasteiger partial charge in [0.2, 0.25) is 0 Å². The lowest BCUT2D eigenvalue weighted by Crippen LogP contribution is -2.37. The molecule has 26 heavy (non-hydrogen) atoms. The Morgan fingerprint density at radius 2 is 1.96 bits per heavy atom. The van der Waals surface area contributed by atoms with Crippen LogP contribution in [-0.4, -0.2) is 60.5 Å². The average molecular weight is 376 g/mol. The molecule has 0 bridgehead atoms. The van der Waals surface area contributed by atoms with Gasteiger partial charge in [0.15, 0.2) is 0 Å². The number of benzene rings is 1. The van der Waals surface area contributed by atoms with Gasteiger partial charge < -0.3 is 14.5 Å². The molecule has 0 atom stereocenters. The van der Waals surface area contributed by atoms with E-state index in [2.05, 4.69) is 23.9 Å². The number of carbonyl (C=O) groups excluding carboxylic acids is 1. The quantitative estimate of drug-likeness (QED) is 0.666. The topological polar surface area (TPSA) is 45.7 Å². The number of amides is 1. The van der Waals surface area contributed by atoms with Crippen molar-refractivity contribution in [2.45, 2.75) is 27.7 Å². The van der Waals surface area contributed by atoms with Crippen molar-refractivity contribution in [2.24, 2.45) is 0 Å². The maximum Gasteiger partial charge on any atom is 0.265 e. The van der Waals surface area contributed by atoms with Gasteiger partial charge in [-0.3, -0.25) is 4.79 Å². The highest BCUT2D eigenvalue weighted by atomic mass is 32.1. The summed E-state index contributed by atoms with van der Waals surface area (Å²) in [6.07, 6.45) is 0. The summed E-state index contributed by atoms with van der Waals surface area (Å²) in [4.78, 5) is 22.4. The van der Waals surface area contributed by atoms with Crippen molar-refractivity contribution < 1.29 is 9.53 Å². The largest absolute Gasteiger partial charge is 0.494 e. The van der Waals surface area contributed by atoms with Crippen LogP contribution in [0.25, 0.3) is 10.6 Å². The SMILES string of the molecule is CCOc1cccc(-c2nc(C)c(C(=O)N(CC)CCN(C)CC)s2)c1. The number of nitrogens with zero attached hydrogens (tertiary/aromatic N) is 3. The Labute approximate surface area is 160 Å². The molecule has 1 aromatic carbocycles. The van der Waals surface area contributed by atoms with E-state index >= 15 is 0 Å². The highest BCUT2D eigenvalue weighted by Crippen LogP contribution is 2.30. The van der Waals surface area contributed by atoms with Crippen LogP contribution >= 0.6 is 11.3 Å². The summed E-state index contributed by atoms with van der Waals surface area (Å²) in [6, 6.07) is 7.87. The zero-order valence-electron chi connectivity index (χ0n) is 16.4. The van der Waals surface area contributed by atoms with Crippen LogP contribution in [0.15, 0.2) is 24.3 Å². The third-order valence-corrected chi connectivity index (χ3v) is 5.54. The van der Waals surface area contributed by atoms with Crippen molar-refractivity contribution in [2.75, 3.05) is 39.8 Å². The Morgan fingerprint density at radius 3 is 2.62 bits per heavy atom. The van der Waals surface area contributed by atoms with E-state index in [0.717, 1.165) is 46.5 Å². The molecule has 6 heteroatoms. The highest BCUT2D eigenvalue weighted by Gasteiger charge is 2.21. The van der Waals surface area contributed by atoms with E-state index in [9.17, 15) is 4.79 Å². The number of likely N-dealkylation sites (N-methyl/N-ethyl adjacent to an activating group) is 2. The Bertz CT molecular complexity index is 730. The minimum atomic E-state index is 0.0687. The van der Waals surface area contributed by atoms with Crippen molar-refractivity contribution >= 4 is 17.2 Å². The molecule has 0 radical (unpaired) electrons. The molecule has 0 unspecified atom stereocenters. The van der Waals surface area contributed by atoms with Gasteiger partial charge in [0.05, 0.1) is 12.3 Å². The van der Waals surface area contributed by atoms with Gasteiger partial charge in [0.1, 0.15) is 15.6 Å². The molecule has 0 saturated carbocycles. The Kier molecular flexibility index (Phi) is 7.60. The second-order valence-electron chi connectivity index (χ2n) is 6.18. The summed E-state index contributed by atoms with van der Waals surface area (Å²) in [5.41, 5.74) is 1.77. The third kappa shape index (κ3) is 5.05. The summed E-state index contributed by atoms with van der Waals surface area (Å²) < 4.78 is 5.57. The van der Waals surface area contributed by atoms with E-state index < -0.39 is 0 Å². The number of rotatable bonds is 9. The summed E-state index contributed by atoms with van der Waals surface area (Å²) in [5.74, 6) is 0.891. The second-order valence-corrected chi connectivity index (χ2v) is 7.17. The van der Waals surface area contributed by atoms with E-state index in [1.54, 1.807) is 0 Å². The van der Waals surface area contributed by atoms with E-state index in [1.807, 2.05) is 49.9 Å². The molecule has 0 aliphatic rings. The lowest BCUT2D eigenvalue weighted by Gasteiger charge is -2.23. The Morgan fingerprint density at radius 1 is 1.19 bits per heavy atom. The van der Waals surface area contributed by atoms with Crippen molar-refractivity contribution in [1.29, 1.82) is 0 Å². The molecule has 1 aromatic heterocycles. The fourth-order valence-electron chi connectivity index (χ4n) is 2.60. The standard InChI is InChI=1S/C20H29N3O2S/c1-6-22(5)12-13-23(7-2)20(24)18-15(4)21-19(26-18)16-10-9-11-17(14-16)25-8-3/h9-11,14H,6-8,12-13H2,1-5H3. The molecule has 142 valence electrons. The molecule has 0 aliphatic carbocycles. The van der Waals surface area contributed by atoms with Crippen LogP contribution < -0.4 is 4.74 Å². The maximum absolute atomic E-state index is 13.0. The van der Waals surface area contributed by atoms with Gasteiger partial charge >= 0.3 is 0 Å². The first kappa shape index (κ1) is 20.4. The fourth-order valence-corrected chi connectivity index (χ4v) is 3.63. The summed E-state index contributed by atoms with van der Waals surface area (Å²) in [6.45, 7) is 11.9. The van der Waals surface area contributed by atoms with Crippen molar-refractivity contribution in [3.05, 3.63) is 34.8 Å². The van der Waals surface area contributed by atoms with Gasteiger partial charge in [0.25, 0.3) is 5.91 Å². The minimum Gasteiger partial charge on any atom is -0.494 e. The molecule has 1 heterocycles. The van der Waals surface area contributed by atoms with Crippen molar-refractivity contribution in [3.63, 3.8) is 0 Å². The number of carbonyl (C=O) groups is 1. The van der Waals surface area contributed by atoms with E-state index in [1.165, 1.54) is 11.3 Å². The van der Waals surface area contributed by atoms with Gasteiger partial charge in [-0.15, -0.1) is 11.3 Å². The van der Waals surface area contributed by atoms with Crippen LogP contribution in [0, 0.1) is 6.92 Å². The first-order valence-corrected chi connectivity index (χ1v) is 10.00. The van der Waals surface area contributed by atoms with Gasteiger partial charge in [-0.1, -0.05) is 19.1 Å². The average Bonchev–Trinajstić information content (AvgIpc) is 3.04. The first-order valence-electron chi connectivity index (χ1n) is 9.18. The number of ether oxygens (including phenoxy) is 1. The van der Waals surface area contributed by atoms with Crippen LogP contribution in [0.1, 0.15) is 36.1 Å². The Balaban J connectivity index is 2.20. The summed E-state index contributed by atoms with van der Waals surface area (Å²) >= 11 is 1.46. The van der Waals surface area contributed by atoms with Gasteiger partial charge in [-0.05, 0) is 46.5 Å². The molecular formula is C20H29N3O2S. The smallest absolute Gasteiger partial charge is 0.265 e. The molecule has 0 fully saturated rings. The van der Waals surface area contributed by atoms with E-state index in [0.29, 0.717) is 13.2 Å². The lowest BCUT2D eigenvalue weighted by molar-refractivity contribution is 0.0755. The van der Waals surface area contributed by atoms with Crippen LogP contribution in [0.2, 0.25) is 0 Å². The molecule has 5 nitrogen and oxygen atoms in total. The summed E-state index contributed by atoms with van der Waals surface area (Å²) in [5, 5.41) is 0.856. The first-order chi connectivity index (χ1) is 12.5. The molecule has 0 N–H and O–H groups in total. The predicted molar refractivity (Wildman–Crippen MR) is 108 cm³/mol. The van der Waals surface area contributed by atoms with Crippen LogP contribution in [0.5, 0.6) is 5.75 Å². The maximum atomic E-state index is 13.0. The van der Waals surface area contributed by atoms with Crippen LogP contribution in [0.4, 0.5) is 0 Å². The number of hydrogen-bond donors (Lipinski definition) is 0. The predicted octanol–water partition coefficient (Wildman–Crippen LogP) is 3.93. The van der Waals surface area contributed by atoms with Crippen LogP contribution in [-0.2, 0) is 0 Å². The van der Waals surface area contributed by atoms with Crippen LogP contribution in [0.3, 0.4) is 0 Å². The van der Waals surface area contributed by atoms with Crippen molar-refractivity contribution in [3.8, 4) is 16.3 Å². The molecule has 0 aliphatic heterocycles. The number of thiazole rings is 1. The number of hydrogen-bond acceptors (Lipinski definition) is 5. The van der Waals surface area contributed by atoms with Crippen molar-refractivity contribution in [1.82, 2.24) is 14.8 Å². The minimum absolute atomic E-state index is 0.0687. The zero-order valence-corrected chi connectivity index (χ0v) is 17.2. The molecule has 1 amide bonds. The lowest BCUT2D eigenvalue weighted by atomic mass is 10.2. The third-order valence-electron chi connectivity index (χ3n) is 4.34. The monoisotopic (exact) mass is 375 g/mol. The molecule has 2 rings (SSSR count). The highest BCUT2D eigenvalue weighted by molar-refractivity contribution is 7.17. The Hall–Kier alpha value is -1.92.